The number of pyridine rings is 1. The number of likely N-dealkylation sites (tertiary alicyclic amines) is 1. The molecule has 0 radical (unpaired) electrons. The van der Waals surface area contributed by atoms with E-state index < -0.39 is 5.91 Å². The molecule has 12 nitrogen and oxygen atoms in total. The Morgan fingerprint density at radius 3 is 2.61 bits per heavy atom. The van der Waals surface area contributed by atoms with Crippen molar-refractivity contribution in [1.82, 2.24) is 35.0 Å². The highest BCUT2D eigenvalue weighted by Crippen LogP contribution is 2.41. The first-order valence-electron chi connectivity index (χ1n) is 18.7. The Balaban J connectivity index is 1.03. The van der Waals surface area contributed by atoms with Gasteiger partial charge in [-0.3, -0.25) is 19.4 Å². The number of nitrogens with one attached hydrogen (secondary N) is 3. The van der Waals surface area contributed by atoms with Crippen molar-refractivity contribution >= 4 is 46.6 Å². The minimum absolute atomic E-state index is 0.0940. The van der Waals surface area contributed by atoms with Crippen LogP contribution in [0.1, 0.15) is 66.1 Å². The zero-order valence-corrected chi connectivity index (χ0v) is 32.2. The molecule has 0 bridgehead atoms. The van der Waals surface area contributed by atoms with Crippen LogP contribution in [0.2, 0.25) is 10.0 Å². The van der Waals surface area contributed by atoms with Crippen LogP contribution in [-0.2, 0) is 36.1 Å². The van der Waals surface area contributed by atoms with Crippen LogP contribution in [0, 0.1) is 0 Å². The van der Waals surface area contributed by atoms with E-state index in [0.717, 1.165) is 48.6 Å². The fourth-order valence-corrected chi connectivity index (χ4v) is 8.25. The number of fused-ring (bicyclic) bond motifs is 1. The van der Waals surface area contributed by atoms with Gasteiger partial charge in [0.15, 0.2) is 5.82 Å². The number of amides is 3. The number of hydrogen-bond acceptors (Lipinski definition) is 8. The number of hydrogen-bond donors (Lipinski definition) is 3. The van der Waals surface area contributed by atoms with E-state index in [0.29, 0.717) is 83.7 Å². The van der Waals surface area contributed by atoms with Gasteiger partial charge in [-0.25, -0.2) is 4.98 Å². The first kappa shape index (κ1) is 37.8. The molecule has 3 aliphatic rings. The molecule has 1 unspecified atom stereocenters. The van der Waals surface area contributed by atoms with Crippen LogP contribution in [0.4, 0.5) is 5.69 Å². The third-order valence-electron chi connectivity index (χ3n) is 10.7. The van der Waals surface area contributed by atoms with E-state index in [2.05, 4.69) is 25.8 Å². The van der Waals surface area contributed by atoms with Gasteiger partial charge in [-0.1, -0.05) is 53.9 Å². The van der Waals surface area contributed by atoms with Crippen molar-refractivity contribution in [2.45, 2.75) is 64.1 Å². The molecule has 3 amide bonds. The lowest BCUT2D eigenvalue weighted by molar-refractivity contribution is -0.132. The largest absolute Gasteiger partial charge is 0.496 e. The van der Waals surface area contributed by atoms with Gasteiger partial charge in [-0.05, 0) is 50.6 Å². The topological polar surface area (TPSA) is 134 Å². The average Bonchev–Trinajstić information content (AvgIpc) is 3.76. The van der Waals surface area contributed by atoms with E-state index in [1.54, 1.807) is 25.4 Å². The number of piperidine rings is 1. The van der Waals surface area contributed by atoms with Gasteiger partial charge in [0.05, 0.1) is 40.8 Å². The molecule has 1 atom stereocenters. The third-order valence-corrected chi connectivity index (χ3v) is 11.5. The molecule has 0 aliphatic carbocycles. The molecule has 3 aliphatic heterocycles. The number of methoxy groups -OCH3 is 1. The SMILES string of the molecule is COc1cc(-c2nccc(-c3cccc(NC(=O)c4nc5c(n4C)CCN(C(=O)CCN4CCCCC4)C5)c3Cl)c2Cl)ccc1CNCC1CCC(=O)N1. The molecular weight excluding hydrogens is 727 g/mol. The fraction of sp³-hybridized carbons (Fsp3) is 0.425. The number of rotatable bonds is 12. The summed E-state index contributed by atoms with van der Waals surface area (Å²) in [5.41, 5.74) is 5.70. The van der Waals surface area contributed by atoms with E-state index >= 15 is 0 Å². The predicted octanol–water partition coefficient (Wildman–Crippen LogP) is 5.85. The summed E-state index contributed by atoms with van der Waals surface area (Å²) in [7, 11) is 3.46. The Labute approximate surface area is 325 Å². The highest BCUT2D eigenvalue weighted by molar-refractivity contribution is 6.39. The summed E-state index contributed by atoms with van der Waals surface area (Å²) in [5, 5.41) is 10.1. The summed E-state index contributed by atoms with van der Waals surface area (Å²) in [4.78, 5) is 51.8. The van der Waals surface area contributed by atoms with Crippen LogP contribution >= 0.6 is 23.2 Å². The first-order valence-corrected chi connectivity index (χ1v) is 19.4. The summed E-state index contributed by atoms with van der Waals surface area (Å²) in [6.45, 7) is 5.16. The number of ether oxygens (including phenoxy) is 1. The minimum Gasteiger partial charge on any atom is -0.496 e. The van der Waals surface area contributed by atoms with Crippen molar-refractivity contribution in [3.63, 3.8) is 0 Å². The number of carbonyl (C=O) groups is 3. The van der Waals surface area contributed by atoms with Gasteiger partial charge in [-0.2, -0.15) is 0 Å². The Morgan fingerprint density at radius 1 is 1.02 bits per heavy atom. The molecule has 3 N–H and O–H groups in total. The normalized spacial score (nSPS) is 17.3. The van der Waals surface area contributed by atoms with Gasteiger partial charge >= 0.3 is 0 Å². The van der Waals surface area contributed by atoms with Crippen molar-refractivity contribution in [2.75, 3.05) is 45.2 Å². The molecule has 14 heteroatoms. The van der Waals surface area contributed by atoms with Crippen LogP contribution in [0.15, 0.2) is 48.7 Å². The fourth-order valence-electron chi connectivity index (χ4n) is 7.66. The van der Waals surface area contributed by atoms with Crippen LogP contribution in [0.3, 0.4) is 0 Å². The van der Waals surface area contributed by atoms with Gasteiger partial charge in [-0.15, -0.1) is 0 Å². The maximum Gasteiger partial charge on any atom is 0.291 e. The van der Waals surface area contributed by atoms with Crippen LogP contribution in [0.5, 0.6) is 5.75 Å². The van der Waals surface area contributed by atoms with Gasteiger partial charge in [0.25, 0.3) is 5.91 Å². The Hall–Kier alpha value is -4.49. The van der Waals surface area contributed by atoms with E-state index in [1.807, 2.05) is 46.8 Å². The maximum atomic E-state index is 13.7. The second-order valence-corrected chi connectivity index (χ2v) is 15.0. The first-order chi connectivity index (χ1) is 26.2. The number of anilines is 1. The van der Waals surface area contributed by atoms with Gasteiger partial charge in [0, 0.05) is 92.7 Å². The molecule has 54 heavy (non-hydrogen) atoms. The Morgan fingerprint density at radius 2 is 1.83 bits per heavy atom. The smallest absolute Gasteiger partial charge is 0.291 e. The van der Waals surface area contributed by atoms with E-state index in [4.69, 9.17) is 32.9 Å². The van der Waals surface area contributed by atoms with E-state index in [-0.39, 0.29) is 23.7 Å². The van der Waals surface area contributed by atoms with Crippen LogP contribution in [-0.4, -0.2) is 87.9 Å². The van der Waals surface area contributed by atoms with Crippen molar-refractivity contribution in [1.29, 1.82) is 0 Å². The summed E-state index contributed by atoms with van der Waals surface area (Å²) < 4.78 is 7.54. The lowest BCUT2D eigenvalue weighted by Gasteiger charge is -2.29. The molecule has 2 aromatic heterocycles. The molecule has 0 saturated carbocycles. The lowest BCUT2D eigenvalue weighted by Crippen LogP contribution is -2.39. The number of nitrogens with zero attached hydrogens (tertiary/aromatic N) is 5. The van der Waals surface area contributed by atoms with Gasteiger partial charge in [0.1, 0.15) is 5.75 Å². The number of benzene rings is 2. The molecule has 4 aromatic rings. The van der Waals surface area contributed by atoms with E-state index in [1.165, 1.54) is 19.3 Å². The van der Waals surface area contributed by atoms with Crippen molar-refractivity contribution in [3.05, 3.63) is 81.5 Å². The third kappa shape index (κ3) is 8.27. The summed E-state index contributed by atoms with van der Waals surface area (Å²) in [6, 6.07) is 13.2. The number of halogens is 2. The lowest BCUT2D eigenvalue weighted by atomic mass is 10.0. The second kappa shape index (κ2) is 16.9. The van der Waals surface area contributed by atoms with Crippen molar-refractivity contribution in [2.24, 2.45) is 7.05 Å². The second-order valence-electron chi connectivity index (χ2n) is 14.2. The highest BCUT2D eigenvalue weighted by Gasteiger charge is 2.29. The monoisotopic (exact) mass is 772 g/mol. The van der Waals surface area contributed by atoms with Crippen molar-refractivity contribution in [3.8, 4) is 28.1 Å². The minimum atomic E-state index is -0.398. The molecular formula is C40H46Cl2N8O4. The molecule has 284 valence electrons. The molecule has 2 aromatic carbocycles. The zero-order valence-electron chi connectivity index (χ0n) is 30.7. The Bertz CT molecular complexity index is 2050. The van der Waals surface area contributed by atoms with E-state index in [9.17, 15) is 14.4 Å². The quantitative estimate of drug-likeness (QED) is 0.164. The van der Waals surface area contributed by atoms with Crippen molar-refractivity contribution < 1.29 is 19.1 Å². The van der Waals surface area contributed by atoms with Crippen LogP contribution in [0.25, 0.3) is 22.4 Å². The van der Waals surface area contributed by atoms with Gasteiger partial charge in [0.2, 0.25) is 11.8 Å². The van der Waals surface area contributed by atoms with Gasteiger partial charge < -0.3 is 35.1 Å². The highest BCUT2D eigenvalue weighted by atomic mass is 35.5. The predicted molar refractivity (Wildman–Crippen MR) is 210 cm³/mol. The summed E-state index contributed by atoms with van der Waals surface area (Å²) >= 11 is 14.0. The number of carbonyl (C=O) groups excluding carboxylic acids is 3. The Kier molecular flexibility index (Phi) is 11.8. The van der Waals surface area contributed by atoms with Crippen LogP contribution < -0.4 is 20.7 Å². The number of imidazole rings is 1. The summed E-state index contributed by atoms with van der Waals surface area (Å²) in [5.74, 6) is 0.762. The molecule has 7 rings (SSSR count). The number of aromatic nitrogens is 3. The summed E-state index contributed by atoms with van der Waals surface area (Å²) in [6.07, 6.45) is 7.86. The zero-order chi connectivity index (χ0) is 37.8. The standard InChI is InChI=1S/C40H46Cl2N8O4/c1-48-32-14-20-50(35(52)15-19-49-17-4-3-5-18-49)24-31(32)46-39(48)40(53)47-30-8-6-7-28(36(30)41)29-13-16-44-38(37(29)42)25-9-10-26(33(21-25)54-2)22-43-23-27-11-12-34(51)45-27/h6-10,13,16,21,27,43H,3-5,11-12,14-15,17-20,22-24H2,1-2H3,(H,45,51)(H,47,53). The average molecular weight is 774 g/mol. The molecule has 0 spiro atoms. The molecule has 2 fully saturated rings. The molecule has 5 heterocycles. The maximum absolute atomic E-state index is 13.7. The molecule has 2 saturated heterocycles.